The van der Waals surface area contributed by atoms with E-state index in [9.17, 15) is 4.79 Å². The van der Waals surface area contributed by atoms with Crippen molar-refractivity contribution >= 4 is 22.6 Å². The fraction of sp³-hybridized carbons (Fsp3) is 0. The summed E-state index contributed by atoms with van der Waals surface area (Å²) >= 11 is 0. The van der Waals surface area contributed by atoms with Crippen LogP contribution in [0.15, 0.2) is 52.9 Å². The first-order valence-corrected chi connectivity index (χ1v) is 5.77. The maximum atomic E-state index is 11.1. The molecular weight excluding hydrogens is 242 g/mol. The van der Waals surface area contributed by atoms with Gasteiger partial charge in [0.25, 0.3) is 0 Å². The van der Waals surface area contributed by atoms with Crippen LogP contribution in [0.2, 0.25) is 0 Å². The van der Waals surface area contributed by atoms with Gasteiger partial charge in [-0.1, -0.05) is 24.3 Å². The zero-order valence-corrected chi connectivity index (χ0v) is 9.96. The number of carboxylic acids is 1. The smallest absolute Gasteiger partial charge is 0.339 e. The third kappa shape index (κ3) is 1.93. The van der Waals surface area contributed by atoms with E-state index in [1.807, 2.05) is 24.3 Å². The summed E-state index contributed by atoms with van der Waals surface area (Å²) < 4.78 is 5.67. The highest BCUT2D eigenvalue weighted by atomic mass is 16.4. The van der Waals surface area contributed by atoms with E-state index in [-0.39, 0.29) is 5.56 Å². The van der Waals surface area contributed by atoms with Crippen LogP contribution in [-0.4, -0.2) is 11.1 Å². The summed E-state index contributed by atoms with van der Waals surface area (Å²) in [4.78, 5) is 11.1. The van der Waals surface area contributed by atoms with Gasteiger partial charge in [-0.05, 0) is 24.3 Å². The van der Waals surface area contributed by atoms with Crippen LogP contribution in [0.4, 0.5) is 5.69 Å². The van der Waals surface area contributed by atoms with E-state index >= 15 is 0 Å². The molecule has 4 nitrogen and oxygen atoms in total. The van der Waals surface area contributed by atoms with Crippen LogP contribution >= 0.6 is 0 Å². The molecule has 3 rings (SSSR count). The molecule has 4 heteroatoms. The Labute approximate surface area is 109 Å². The van der Waals surface area contributed by atoms with Crippen LogP contribution in [0.5, 0.6) is 0 Å². The molecule has 1 heterocycles. The Morgan fingerprint density at radius 3 is 2.63 bits per heavy atom. The molecular formula is C15H11NO3. The predicted molar refractivity (Wildman–Crippen MR) is 73.0 cm³/mol. The molecule has 2 aromatic carbocycles. The largest absolute Gasteiger partial charge is 0.478 e. The Bertz CT molecular complexity index is 774. The van der Waals surface area contributed by atoms with Crippen molar-refractivity contribution in [2.75, 3.05) is 5.73 Å². The highest BCUT2D eigenvalue weighted by Crippen LogP contribution is 2.30. The molecule has 0 saturated carbocycles. The average Bonchev–Trinajstić information content (AvgIpc) is 2.82. The van der Waals surface area contributed by atoms with Gasteiger partial charge in [0.05, 0.1) is 0 Å². The van der Waals surface area contributed by atoms with Crippen molar-refractivity contribution in [3.63, 3.8) is 0 Å². The highest BCUT2D eigenvalue weighted by Gasteiger charge is 2.13. The van der Waals surface area contributed by atoms with Crippen LogP contribution in [0, 0.1) is 0 Å². The van der Waals surface area contributed by atoms with E-state index in [2.05, 4.69) is 0 Å². The van der Waals surface area contributed by atoms with E-state index in [1.54, 1.807) is 18.2 Å². The quantitative estimate of drug-likeness (QED) is 0.686. The summed E-state index contributed by atoms with van der Waals surface area (Å²) in [6, 6.07) is 14.1. The van der Waals surface area contributed by atoms with Crippen molar-refractivity contribution in [3.8, 4) is 11.3 Å². The maximum Gasteiger partial charge on any atom is 0.339 e. The second-order valence-corrected chi connectivity index (χ2v) is 4.27. The van der Waals surface area contributed by atoms with E-state index < -0.39 is 5.97 Å². The van der Waals surface area contributed by atoms with Gasteiger partial charge in [0.15, 0.2) is 0 Å². The number of aromatic carboxylic acids is 1. The number of nitrogens with two attached hydrogens (primary N) is 1. The Balaban J connectivity index is 2.22. The third-order valence-electron chi connectivity index (χ3n) is 2.95. The number of carboxylic acid groups (broad SMARTS) is 1. The van der Waals surface area contributed by atoms with Gasteiger partial charge in [0.1, 0.15) is 16.9 Å². The SMILES string of the molecule is Nc1cccc(-c2cc3cccc(C(=O)O)c3o2)c1. The molecule has 0 unspecified atom stereocenters. The van der Waals surface area contributed by atoms with Crippen LogP contribution < -0.4 is 5.73 Å². The number of para-hydroxylation sites is 1. The molecule has 0 saturated heterocycles. The highest BCUT2D eigenvalue weighted by molar-refractivity contribution is 6.02. The van der Waals surface area contributed by atoms with Crippen molar-refractivity contribution < 1.29 is 14.3 Å². The normalized spacial score (nSPS) is 10.7. The monoisotopic (exact) mass is 253 g/mol. The summed E-state index contributed by atoms with van der Waals surface area (Å²) in [7, 11) is 0. The molecule has 0 amide bonds. The number of hydrogen-bond acceptors (Lipinski definition) is 3. The van der Waals surface area contributed by atoms with Crippen LogP contribution in [0.1, 0.15) is 10.4 Å². The first kappa shape index (κ1) is 11.3. The van der Waals surface area contributed by atoms with Gasteiger partial charge < -0.3 is 15.3 Å². The summed E-state index contributed by atoms with van der Waals surface area (Å²) in [5, 5.41) is 9.89. The second-order valence-electron chi connectivity index (χ2n) is 4.27. The molecule has 0 aliphatic heterocycles. The lowest BCUT2D eigenvalue weighted by molar-refractivity contribution is 0.0698. The Morgan fingerprint density at radius 1 is 1.11 bits per heavy atom. The molecule has 0 aliphatic carbocycles. The number of benzene rings is 2. The lowest BCUT2D eigenvalue weighted by atomic mass is 10.1. The third-order valence-corrected chi connectivity index (χ3v) is 2.95. The molecule has 0 radical (unpaired) electrons. The molecule has 19 heavy (non-hydrogen) atoms. The van der Waals surface area contributed by atoms with Gasteiger partial charge in [-0.2, -0.15) is 0 Å². The summed E-state index contributed by atoms with van der Waals surface area (Å²) in [6.45, 7) is 0. The lowest BCUT2D eigenvalue weighted by Crippen LogP contribution is -1.95. The van der Waals surface area contributed by atoms with Crippen molar-refractivity contribution in [1.82, 2.24) is 0 Å². The van der Waals surface area contributed by atoms with Gasteiger partial charge >= 0.3 is 5.97 Å². The van der Waals surface area contributed by atoms with Gasteiger partial charge in [0, 0.05) is 16.6 Å². The van der Waals surface area contributed by atoms with Crippen molar-refractivity contribution in [3.05, 3.63) is 54.1 Å². The maximum absolute atomic E-state index is 11.1. The minimum Gasteiger partial charge on any atom is -0.478 e. The fourth-order valence-electron chi connectivity index (χ4n) is 2.07. The molecule has 3 aromatic rings. The average molecular weight is 253 g/mol. The number of hydrogen-bond donors (Lipinski definition) is 2. The van der Waals surface area contributed by atoms with E-state index in [1.165, 1.54) is 6.07 Å². The zero-order valence-electron chi connectivity index (χ0n) is 9.96. The number of rotatable bonds is 2. The minimum absolute atomic E-state index is 0.160. The Kier molecular flexibility index (Phi) is 2.49. The van der Waals surface area contributed by atoms with E-state index in [4.69, 9.17) is 15.3 Å². The predicted octanol–water partition coefficient (Wildman–Crippen LogP) is 3.38. The number of anilines is 1. The molecule has 94 valence electrons. The summed E-state index contributed by atoms with van der Waals surface area (Å²) in [6.07, 6.45) is 0. The standard InChI is InChI=1S/C15H11NO3/c16-11-5-1-3-9(7-11)13-8-10-4-2-6-12(15(17)18)14(10)19-13/h1-8H,16H2,(H,17,18). The Hall–Kier alpha value is -2.75. The second kappa shape index (κ2) is 4.17. The number of nitrogen functional groups attached to an aromatic ring is 1. The number of fused-ring (bicyclic) bond motifs is 1. The van der Waals surface area contributed by atoms with Gasteiger partial charge in [-0.15, -0.1) is 0 Å². The van der Waals surface area contributed by atoms with Crippen LogP contribution in [0.25, 0.3) is 22.3 Å². The summed E-state index contributed by atoms with van der Waals surface area (Å²) in [5.74, 6) is -0.393. The molecule has 0 atom stereocenters. The van der Waals surface area contributed by atoms with Gasteiger partial charge in [-0.25, -0.2) is 4.79 Å². The van der Waals surface area contributed by atoms with Gasteiger partial charge in [0.2, 0.25) is 0 Å². The first-order valence-electron chi connectivity index (χ1n) is 5.77. The zero-order chi connectivity index (χ0) is 13.4. The van der Waals surface area contributed by atoms with Crippen LogP contribution in [-0.2, 0) is 0 Å². The van der Waals surface area contributed by atoms with Crippen molar-refractivity contribution in [2.45, 2.75) is 0 Å². The van der Waals surface area contributed by atoms with Crippen molar-refractivity contribution in [2.24, 2.45) is 0 Å². The molecule has 0 fully saturated rings. The lowest BCUT2D eigenvalue weighted by Gasteiger charge is -1.98. The van der Waals surface area contributed by atoms with Gasteiger partial charge in [-0.3, -0.25) is 0 Å². The molecule has 1 aromatic heterocycles. The molecule has 0 bridgehead atoms. The fourth-order valence-corrected chi connectivity index (χ4v) is 2.07. The molecule has 0 aliphatic rings. The number of furan rings is 1. The summed E-state index contributed by atoms with van der Waals surface area (Å²) in [5.41, 5.74) is 7.74. The number of carbonyl (C=O) groups is 1. The van der Waals surface area contributed by atoms with E-state index in [0.29, 0.717) is 17.0 Å². The molecule has 3 N–H and O–H groups in total. The first-order chi connectivity index (χ1) is 9.15. The Morgan fingerprint density at radius 2 is 1.89 bits per heavy atom. The topological polar surface area (TPSA) is 76.5 Å². The minimum atomic E-state index is -1.00. The van der Waals surface area contributed by atoms with Crippen LogP contribution in [0.3, 0.4) is 0 Å². The van der Waals surface area contributed by atoms with Crippen molar-refractivity contribution in [1.29, 1.82) is 0 Å². The van der Waals surface area contributed by atoms with E-state index in [0.717, 1.165) is 10.9 Å². The molecule has 0 spiro atoms.